The number of quaternary nitrogens is 1. The monoisotopic (exact) mass is 271 g/mol. The van der Waals surface area contributed by atoms with E-state index in [0.717, 1.165) is 4.48 Å². The van der Waals surface area contributed by atoms with Crippen LogP contribution < -0.4 is 0 Å². The van der Waals surface area contributed by atoms with E-state index in [4.69, 9.17) is 0 Å². The molecule has 4 heteroatoms. The summed E-state index contributed by atoms with van der Waals surface area (Å²) in [6, 6.07) is 0. The molecule has 0 aliphatic heterocycles. The predicted molar refractivity (Wildman–Crippen MR) is 87.0 cm³/mol. The zero-order chi connectivity index (χ0) is 14.6. The fourth-order valence-corrected chi connectivity index (χ4v) is 0. The number of hydrogen-bond donors (Lipinski definition) is 0. The highest BCUT2D eigenvalue weighted by molar-refractivity contribution is 7.61. The minimum absolute atomic E-state index is 0. The molecule has 0 amide bonds. The van der Waals surface area contributed by atoms with Gasteiger partial charge in [0.1, 0.15) is 0 Å². The first kappa shape index (κ1) is 30.3. The van der Waals surface area contributed by atoms with E-state index < -0.39 is 7.14 Å². The fraction of sp³-hybridized carbons (Fsp3) is 1.00. The molecule has 0 aliphatic rings. The van der Waals surface area contributed by atoms with Crippen molar-refractivity contribution in [2.24, 2.45) is 0 Å². The van der Waals surface area contributed by atoms with Crippen molar-refractivity contribution in [2.45, 2.75) is 21.3 Å². The Hall–Kier alpha value is 0.150. The van der Waals surface area contributed by atoms with Gasteiger partial charge < -0.3 is 13.9 Å². The van der Waals surface area contributed by atoms with Gasteiger partial charge in [-0.2, -0.15) is 0 Å². The lowest BCUT2D eigenvalue weighted by Gasteiger charge is -2.14. The molecule has 0 aromatic heterocycles. The van der Waals surface area contributed by atoms with E-state index >= 15 is 0 Å². The average Bonchev–Trinajstić information content (AvgIpc) is 1.80. The largest absolute Gasteiger partial charge is 0.333 e. The van der Waals surface area contributed by atoms with Crippen molar-refractivity contribution in [3.63, 3.8) is 0 Å². The van der Waals surface area contributed by atoms with E-state index in [1.165, 1.54) is 0 Å². The summed E-state index contributed by atoms with van der Waals surface area (Å²) in [5.74, 6) is 0. The highest BCUT2D eigenvalue weighted by Crippen LogP contribution is 2.28. The first-order valence-electron chi connectivity index (χ1n) is 5.65. The third kappa shape index (κ3) is 144000. The SMILES string of the molecule is C.CC.CN(C)C.CP(C)(C)=O.C[N+](C)(C)C. The van der Waals surface area contributed by atoms with Gasteiger partial charge in [0.05, 0.1) is 35.3 Å². The van der Waals surface area contributed by atoms with Crippen LogP contribution in [0.1, 0.15) is 21.3 Å². The third-order valence-corrected chi connectivity index (χ3v) is 0. The molecular weight excluding hydrogens is 231 g/mol. The molecule has 112 valence electrons. The lowest BCUT2D eigenvalue weighted by Crippen LogP contribution is -2.27. The molecule has 0 radical (unpaired) electrons. The van der Waals surface area contributed by atoms with E-state index in [2.05, 4.69) is 28.2 Å². The summed E-state index contributed by atoms with van der Waals surface area (Å²) in [4.78, 5) is 2.00. The Labute approximate surface area is 112 Å². The van der Waals surface area contributed by atoms with E-state index in [0.29, 0.717) is 0 Å². The Morgan fingerprint density at radius 1 is 0.824 bits per heavy atom. The van der Waals surface area contributed by atoms with Crippen LogP contribution in [0.2, 0.25) is 0 Å². The highest BCUT2D eigenvalue weighted by atomic mass is 31.2. The predicted octanol–water partition coefficient (Wildman–Crippen LogP) is 3.40. The molecule has 0 saturated heterocycles. The van der Waals surface area contributed by atoms with Crippen LogP contribution in [0.25, 0.3) is 0 Å². The molecule has 0 rings (SSSR count). The van der Waals surface area contributed by atoms with Crippen LogP contribution in [-0.2, 0) is 4.57 Å². The van der Waals surface area contributed by atoms with Gasteiger partial charge in [-0.05, 0) is 41.1 Å². The van der Waals surface area contributed by atoms with Crippen LogP contribution in [0.4, 0.5) is 0 Å². The maximum atomic E-state index is 10.2. The maximum Gasteiger partial charge on any atom is 0.0790 e. The topological polar surface area (TPSA) is 20.3 Å². The molecule has 0 saturated carbocycles. The van der Waals surface area contributed by atoms with Crippen LogP contribution in [0.5, 0.6) is 0 Å². The average molecular weight is 271 g/mol. The summed E-state index contributed by atoms with van der Waals surface area (Å²) < 4.78 is 11.2. The molecule has 3 nitrogen and oxygen atoms in total. The first-order valence-corrected chi connectivity index (χ1v) is 8.70. The minimum atomic E-state index is -1.64. The van der Waals surface area contributed by atoms with Gasteiger partial charge in [0, 0.05) is 0 Å². The summed E-state index contributed by atoms with van der Waals surface area (Å²) in [6.45, 7) is 9.23. The minimum Gasteiger partial charge on any atom is -0.333 e. The molecule has 0 fully saturated rings. The normalized spacial score (nSPS) is 9.47. The van der Waals surface area contributed by atoms with Crippen molar-refractivity contribution >= 4 is 7.14 Å². The Morgan fingerprint density at radius 3 is 0.824 bits per heavy atom. The summed E-state index contributed by atoms with van der Waals surface area (Å²) in [5.41, 5.74) is 0. The molecular formula is C13H40N2OP+. The van der Waals surface area contributed by atoms with Crippen molar-refractivity contribution in [1.82, 2.24) is 4.90 Å². The Bertz CT molecular complexity index is 140. The summed E-state index contributed by atoms with van der Waals surface area (Å²) >= 11 is 0. The van der Waals surface area contributed by atoms with Crippen LogP contribution in [0.15, 0.2) is 0 Å². The summed E-state index contributed by atoms with van der Waals surface area (Å²) in [6.07, 6.45) is 0. The molecule has 0 unspecified atom stereocenters. The quantitative estimate of drug-likeness (QED) is 0.497. The van der Waals surface area contributed by atoms with Gasteiger partial charge in [-0.15, -0.1) is 0 Å². The Kier molecular flexibility index (Phi) is 28.8. The Balaban J connectivity index is -0.0000000386. The smallest absolute Gasteiger partial charge is 0.0790 e. The Morgan fingerprint density at radius 2 is 0.824 bits per heavy atom. The van der Waals surface area contributed by atoms with Crippen LogP contribution in [-0.4, -0.2) is 78.7 Å². The zero-order valence-corrected chi connectivity index (χ0v) is 14.6. The van der Waals surface area contributed by atoms with Crippen LogP contribution >= 0.6 is 7.14 Å². The van der Waals surface area contributed by atoms with Gasteiger partial charge in [-0.1, -0.05) is 21.3 Å². The second-order valence-corrected chi connectivity index (χ2v) is 9.69. The van der Waals surface area contributed by atoms with E-state index in [9.17, 15) is 4.57 Å². The molecule has 0 spiro atoms. The van der Waals surface area contributed by atoms with E-state index in [1.54, 1.807) is 20.0 Å². The first-order chi connectivity index (χ1) is 6.73. The van der Waals surface area contributed by atoms with Crippen molar-refractivity contribution in [3.8, 4) is 0 Å². The molecule has 17 heavy (non-hydrogen) atoms. The molecule has 0 aliphatic carbocycles. The van der Waals surface area contributed by atoms with Crippen molar-refractivity contribution < 1.29 is 9.05 Å². The molecule has 0 heterocycles. The lowest BCUT2D eigenvalue weighted by molar-refractivity contribution is -0.849. The van der Waals surface area contributed by atoms with Gasteiger partial charge >= 0.3 is 0 Å². The van der Waals surface area contributed by atoms with Crippen LogP contribution in [0.3, 0.4) is 0 Å². The third-order valence-electron chi connectivity index (χ3n) is 0. The fourth-order valence-electron chi connectivity index (χ4n) is 0. The zero-order valence-electron chi connectivity index (χ0n) is 13.7. The van der Waals surface area contributed by atoms with Crippen molar-refractivity contribution in [3.05, 3.63) is 0 Å². The molecule has 0 aromatic carbocycles. The van der Waals surface area contributed by atoms with E-state index in [-0.39, 0.29) is 7.43 Å². The number of hydrogen-bond acceptors (Lipinski definition) is 2. The molecule has 0 aromatic rings. The van der Waals surface area contributed by atoms with Gasteiger partial charge in [-0.3, -0.25) is 0 Å². The van der Waals surface area contributed by atoms with Gasteiger partial charge in [-0.25, -0.2) is 0 Å². The van der Waals surface area contributed by atoms with Crippen molar-refractivity contribution in [2.75, 3.05) is 69.3 Å². The lowest BCUT2D eigenvalue weighted by atomic mass is 10.8. The van der Waals surface area contributed by atoms with Crippen molar-refractivity contribution in [1.29, 1.82) is 0 Å². The summed E-state index contributed by atoms with van der Waals surface area (Å²) in [5, 5.41) is 0. The molecule has 0 N–H and O–H groups in total. The van der Waals surface area contributed by atoms with E-state index in [1.807, 2.05) is 39.9 Å². The second kappa shape index (κ2) is 16.1. The highest BCUT2D eigenvalue weighted by Gasteiger charge is 1.89. The molecule has 0 atom stereocenters. The number of rotatable bonds is 0. The summed E-state index contributed by atoms with van der Waals surface area (Å²) in [7, 11) is 12.9. The van der Waals surface area contributed by atoms with Gasteiger partial charge in [0.15, 0.2) is 0 Å². The maximum absolute atomic E-state index is 10.2. The standard InChI is InChI=1S/C4H12N.C3H9N.C3H9OP.C2H6.CH4/c1-5(2,3)4;1-4(2)3;1-5(2,3)4;1-2;/h1-4H3;1-3H3;1-3H3;1-2H3;1H4/q+1;;;;. The molecule has 0 bridgehead atoms. The van der Waals surface area contributed by atoms with Gasteiger partial charge in [0.2, 0.25) is 0 Å². The van der Waals surface area contributed by atoms with Crippen LogP contribution in [0, 0.1) is 0 Å². The number of nitrogens with zero attached hydrogens (tertiary/aromatic N) is 2. The van der Waals surface area contributed by atoms with Gasteiger partial charge in [0.25, 0.3) is 0 Å². The second-order valence-electron chi connectivity index (χ2n) is 5.91.